The lowest BCUT2D eigenvalue weighted by molar-refractivity contribution is 0.0454. The molecule has 200 valence electrons. The summed E-state index contributed by atoms with van der Waals surface area (Å²) in [5.41, 5.74) is 3.25. The smallest absolute Gasteiger partial charge is 0.257 e. The lowest BCUT2D eigenvalue weighted by Gasteiger charge is -2.32. The largest absolute Gasteiger partial charge is 0.490 e. The van der Waals surface area contributed by atoms with Gasteiger partial charge in [-0.15, -0.1) is 0 Å². The molecule has 5 rings (SSSR count). The fourth-order valence-electron chi connectivity index (χ4n) is 5.90. The molecule has 3 aliphatic rings. The van der Waals surface area contributed by atoms with Crippen LogP contribution >= 0.6 is 0 Å². The summed E-state index contributed by atoms with van der Waals surface area (Å²) in [6.45, 7) is 10.5. The topological polar surface area (TPSA) is 65.5 Å². The Labute approximate surface area is 221 Å². The first-order chi connectivity index (χ1) is 18.0. The molecule has 0 aromatic heterocycles. The molecule has 1 fully saturated rings. The second kappa shape index (κ2) is 11.8. The van der Waals surface area contributed by atoms with Crippen molar-refractivity contribution in [2.24, 2.45) is 0 Å². The van der Waals surface area contributed by atoms with Crippen LogP contribution in [0.1, 0.15) is 54.6 Å². The highest BCUT2D eigenvalue weighted by Crippen LogP contribution is 2.31. The van der Waals surface area contributed by atoms with E-state index < -0.39 is 6.10 Å². The van der Waals surface area contributed by atoms with E-state index in [0.29, 0.717) is 30.9 Å². The minimum Gasteiger partial charge on any atom is -0.490 e. The van der Waals surface area contributed by atoms with E-state index in [-0.39, 0.29) is 18.1 Å². The Morgan fingerprint density at radius 2 is 1.84 bits per heavy atom. The van der Waals surface area contributed by atoms with Crippen LogP contribution in [-0.2, 0) is 13.0 Å². The summed E-state index contributed by atoms with van der Waals surface area (Å²) in [6.07, 6.45) is 3.60. The third kappa shape index (κ3) is 6.46. The normalized spacial score (nSPS) is 22.1. The van der Waals surface area contributed by atoms with Gasteiger partial charge in [-0.05, 0) is 62.4 Å². The summed E-state index contributed by atoms with van der Waals surface area (Å²) in [5, 5.41) is 10.9. The Hall–Kier alpha value is -2.61. The van der Waals surface area contributed by atoms with E-state index in [1.54, 1.807) is 4.90 Å². The maximum absolute atomic E-state index is 13.4. The number of β-amino-alcohol motifs (C(OH)–C–C–N with tert-alkyl or cyclic N) is 1. The Kier molecular flexibility index (Phi) is 8.33. The molecule has 0 aliphatic carbocycles. The van der Waals surface area contributed by atoms with Crippen molar-refractivity contribution in [3.8, 4) is 11.5 Å². The molecule has 2 aromatic rings. The van der Waals surface area contributed by atoms with Gasteiger partial charge in [-0.2, -0.15) is 0 Å². The fourth-order valence-corrected chi connectivity index (χ4v) is 5.90. The van der Waals surface area contributed by atoms with E-state index in [4.69, 9.17) is 9.47 Å². The first-order valence-corrected chi connectivity index (χ1v) is 13.9. The number of piperidine rings is 1. The molecule has 7 heteroatoms. The minimum absolute atomic E-state index is 0.0955. The van der Waals surface area contributed by atoms with Crippen LogP contribution in [0.15, 0.2) is 42.5 Å². The third-order valence-electron chi connectivity index (χ3n) is 7.76. The number of aliphatic hydroxyl groups is 1. The number of aliphatic hydroxyl groups excluding tert-OH is 1. The first kappa shape index (κ1) is 26.0. The van der Waals surface area contributed by atoms with Gasteiger partial charge in [0.05, 0.1) is 18.2 Å². The van der Waals surface area contributed by atoms with Crippen LogP contribution in [0.4, 0.5) is 0 Å². The average molecular weight is 508 g/mol. The quantitative estimate of drug-likeness (QED) is 0.589. The molecule has 0 bridgehead atoms. The predicted molar refractivity (Wildman–Crippen MR) is 144 cm³/mol. The molecule has 37 heavy (non-hydrogen) atoms. The number of ether oxygens (including phenoxy) is 2. The van der Waals surface area contributed by atoms with E-state index in [1.807, 2.05) is 25.1 Å². The molecule has 2 aromatic carbocycles. The summed E-state index contributed by atoms with van der Waals surface area (Å²) in [4.78, 5) is 20.0. The van der Waals surface area contributed by atoms with E-state index in [0.717, 1.165) is 57.7 Å². The van der Waals surface area contributed by atoms with Crippen molar-refractivity contribution >= 4 is 5.91 Å². The zero-order chi connectivity index (χ0) is 25.8. The molecule has 0 radical (unpaired) electrons. The molecule has 1 amide bonds. The van der Waals surface area contributed by atoms with Gasteiger partial charge in [-0.1, -0.05) is 31.2 Å². The predicted octanol–water partition coefficient (Wildman–Crippen LogP) is 3.58. The monoisotopic (exact) mass is 507 g/mol. The lowest BCUT2D eigenvalue weighted by atomic mass is 10.00. The van der Waals surface area contributed by atoms with Gasteiger partial charge in [0.1, 0.15) is 23.7 Å². The molecule has 0 unspecified atom stereocenters. The van der Waals surface area contributed by atoms with Crippen LogP contribution < -0.4 is 9.47 Å². The zero-order valence-corrected chi connectivity index (χ0v) is 22.3. The number of amides is 1. The SMILES string of the molecule is CCCN1CCC(Oc2ccc3c(c2)O[C@H](C)CN(C[C@H](O)CN2CCc4ccccc4C2)C3=O)CC1. The molecule has 0 spiro atoms. The van der Waals surface area contributed by atoms with Gasteiger partial charge in [0.25, 0.3) is 5.91 Å². The number of carbonyl (C=O) groups excluding carboxylic acids is 1. The molecule has 2 atom stereocenters. The summed E-state index contributed by atoms with van der Waals surface area (Å²) in [5.74, 6) is 1.23. The molecule has 1 saturated heterocycles. The van der Waals surface area contributed by atoms with E-state index in [1.165, 1.54) is 17.5 Å². The average Bonchev–Trinajstić information content (AvgIpc) is 3.00. The van der Waals surface area contributed by atoms with Gasteiger partial charge < -0.3 is 24.4 Å². The maximum atomic E-state index is 13.4. The summed E-state index contributed by atoms with van der Waals surface area (Å²) in [6, 6.07) is 14.1. The Balaban J connectivity index is 1.19. The Morgan fingerprint density at radius 3 is 2.62 bits per heavy atom. The van der Waals surface area contributed by atoms with Crippen LogP contribution in [0, 0.1) is 0 Å². The van der Waals surface area contributed by atoms with Crippen molar-refractivity contribution < 1.29 is 19.4 Å². The summed E-state index contributed by atoms with van der Waals surface area (Å²) in [7, 11) is 0. The van der Waals surface area contributed by atoms with Crippen molar-refractivity contribution in [3.63, 3.8) is 0 Å². The molecule has 3 heterocycles. The van der Waals surface area contributed by atoms with E-state index in [9.17, 15) is 9.90 Å². The number of carbonyl (C=O) groups is 1. The highest BCUT2D eigenvalue weighted by atomic mass is 16.5. The highest BCUT2D eigenvalue weighted by Gasteiger charge is 2.30. The second-order valence-electron chi connectivity index (χ2n) is 10.9. The van der Waals surface area contributed by atoms with Crippen LogP contribution in [0.25, 0.3) is 0 Å². The molecule has 0 saturated carbocycles. The number of rotatable bonds is 8. The fraction of sp³-hybridized carbons (Fsp3) is 0.567. The van der Waals surface area contributed by atoms with Gasteiger partial charge >= 0.3 is 0 Å². The molecule has 1 N–H and O–H groups in total. The standard InChI is InChI=1S/C30H41N3O4/c1-3-13-31-15-11-26(12-16-31)37-27-8-9-28-29(17-27)36-22(2)18-33(30(28)35)21-25(34)20-32-14-10-23-6-4-5-7-24(23)19-32/h4-9,17,22,25-26,34H,3,10-16,18-21H2,1-2H3/t22-,25-/m1/s1. The maximum Gasteiger partial charge on any atom is 0.257 e. The van der Waals surface area contributed by atoms with Crippen LogP contribution in [0.5, 0.6) is 11.5 Å². The third-order valence-corrected chi connectivity index (χ3v) is 7.76. The second-order valence-corrected chi connectivity index (χ2v) is 10.9. The highest BCUT2D eigenvalue weighted by molar-refractivity contribution is 5.97. The number of nitrogens with zero attached hydrogens (tertiary/aromatic N) is 3. The van der Waals surface area contributed by atoms with Crippen molar-refractivity contribution in [3.05, 3.63) is 59.2 Å². The van der Waals surface area contributed by atoms with Crippen LogP contribution in [0.3, 0.4) is 0 Å². The molecule has 7 nitrogen and oxygen atoms in total. The van der Waals surface area contributed by atoms with Crippen molar-refractivity contribution in [1.82, 2.24) is 14.7 Å². The van der Waals surface area contributed by atoms with E-state index in [2.05, 4.69) is 41.0 Å². The minimum atomic E-state index is -0.621. The van der Waals surface area contributed by atoms with Crippen LogP contribution in [-0.4, -0.2) is 89.8 Å². The van der Waals surface area contributed by atoms with E-state index >= 15 is 0 Å². The molecular formula is C30H41N3O4. The van der Waals surface area contributed by atoms with Crippen molar-refractivity contribution in [2.75, 3.05) is 45.8 Å². The molecule has 3 aliphatic heterocycles. The van der Waals surface area contributed by atoms with Gasteiger partial charge in [0.15, 0.2) is 0 Å². The molecular weight excluding hydrogens is 466 g/mol. The lowest BCUT2D eigenvalue weighted by Crippen LogP contribution is -2.45. The van der Waals surface area contributed by atoms with Gasteiger partial charge in [0.2, 0.25) is 0 Å². The summed E-state index contributed by atoms with van der Waals surface area (Å²) >= 11 is 0. The van der Waals surface area contributed by atoms with Gasteiger partial charge in [-0.3, -0.25) is 9.69 Å². The van der Waals surface area contributed by atoms with Crippen LogP contribution in [0.2, 0.25) is 0 Å². The Bertz CT molecular complexity index is 1070. The number of likely N-dealkylation sites (tertiary alicyclic amines) is 1. The van der Waals surface area contributed by atoms with Gasteiger partial charge in [-0.25, -0.2) is 0 Å². The number of fused-ring (bicyclic) bond motifs is 2. The number of benzene rings is 2. The van der Waals surface area contributed by atoms with Crippen molar-refractivity contribution in [2.45, 2.75) is 64.4 Å². The number of hydrogen-bond acceptors (Lipinski definition) is 6. The summed E-state index contributed by atoms with van der Waals surface area (Å²) < 4.78 is 12.4. The number of hydrogen-bond donors (Lipinski definition) is 1. The zero-order valence-electron chi connectivity index (χ0n) is 22.3. The van der Waals surface area contributed by atoms with Gasteiger partial charge in [0, 0.05) is 45.3 Å². The van der Waals surface area contributed by atoms with Crippen molar-refractivity contribution in [1.29, 1.82) is 0 Å². The first-order valence-electron chi connectivity index (χ1n) is 13.9. The Morgan fingerprint density at radius 1 is 1.05 bits per heavy atom.